The van der Waals surface area contributed by atoms with Crippen molar-refractivity contribution in [3.63, 3.8) is 0 Å². The second kappa shape index (κ2) is 6.71. The highest BCUT2D eigenvalue weighted by molar-refractivity contribution is 5.66. The number of nitrogens with one attached hydrogen (secondary N) is 1. The topological polar surface area (TPSA) is 64.3 Å². The Morgan fingerprint density at radius 3 is 2.54 bits per heavy atom. The molecule has 1 amide bonds. The molecule has 13 heavy (non-hydrogen) atoms. The lowest BCUT2D eigenvalue weighted by atomic mass is 10.2. The minimum atomic E-state index is -0.352. The van der Waals surface area contributed by atoms with Crippen LogP contribution in [0.2, 0.25) is 0 Å². The first-order valence-corrected chi connectivity index (χ1v) is 4.68. The van der Waals surface area contributed by atoms with Gasteiger partial charge in [-0.05, 0) is 19.3 Å². The van der Waals surface area contributed by atoms with Crippen molar-refractivity contribution in [2.24, 2.45) is 11.7 Å². The van der Waals surface area contributed by atoms with Crippen LogP contribution in [-0.4, -0.2) is 25.3 Å². The summed E-state index contributed by atoms with van der Waals surface area (Å²) >= 11 is 0. The van der Waals surface area contributed by atoms with E-state index in [4.69, 9.17) is 10.5 Å². The number of carbonyl (C=O) groups excluding carboxylic acids is 1. The lowest BCUT2D eigenvalue weighted by molar-refractivity contribution is 0.133. The molecule has 0 saturated heterocycles. The average Bonchev–Trinajstić information content (AvgIpc) is 2.00. The van der Waals surface area contributed by atoms with Gasteiger partial charge in [0.25, 0.3) is 0 Å². The first-order chi connectivity index (χ1) is 6.02. The molecule has 0 aromatic heterocycles. The van der Waals surface area contributed by atoms with Crippen molar-refractivity contribution in [2.45, 2.75) is 33.2 Å². The van der Waals surface area contributed by atoms with E-state index in [0.29, 0.717) is 19.1 Å². The third kappa shape index (κ3) is 9.14. The number of hydrogen-bond acceptors (Lipinski definition) is 3. The van der Waals surface area contributed by atoms with Crippen molar-refractivity contribution in [1.29, 1.82) is 0 Å². The van der Waals surface area contributed by atoms with E-state index in [-0.39, 0.29) is 12.1 Å². The molecule has 0 fully saturated rings. The summed E-state index contributed by atoms with van der Waals surface area (Å²) in [6.45, 7) is 6.93. The molecule has 4 nitrogen and oxygen atoms in total. The van der Waals surface area contributed by atoms with Crippen LogP contribution in [-0.2, 0) is 4.74 Å². The molecular formula is C9H20N2O2. The highest BCUT2D eigenvalue weighted by Gasteiger charge is 2.02. The summed E-state index contributed by atoms with van der Waals surface area (Å²) in [7, 11) is 0. The van der Waals surface area contributed by atoms with E-state index in [9.17, 15) is 4.79 Å². The van der Waals surface area contributed by atoms with Crippen molar-refractivity contribution < 1.29 is 9.53 Å². The van der Waals surface area contributed by atoms with E-state index in [1.807, 2.05) is 20.8 Å². The number of ether oxygens (including phenoxy) is 1. The van der Waals surface area contributed by atoms with Crippen molar-refractivity contribution >= 4 is 6.09 Å². The molecule has 4 heteroatoms. The molecule has 0 aliphatic heterocycles. The van der Waals surface area contributed by atoms with Gasteiger partial charge < -0.3 is 15.8 Å². The van der Waals surface area contributed by atoms with Crippen LogP contribution >= 0.6 is 0 Å². The minimum absolute atomic E-state index is 0.116. The maximum Gasteiger partial charge on any atom is 0.407 e. The molecule has 0 radical (unpaired) electrons. The van der Waals surface area contributed by atoms with Crippen molar-refractivity contribution in [1.82, 2.24) is 5.32 Å². The molecule has 0 heterocycles. The van der Waals surface area contributed by atoms with E-state index in [2.05, 4.69) is 5.32 Å². The first kappa shape index (κ1) is 12.2. The van der Waals surface area contributed by atoms with Crippen LogP contribution in [0.25, 0.3) is 0 Å². The van der Waals surface area contributed by atoms with Gasteiger partial charge in [-0.15, -0.1) is 0 Å². The molecule has 0 saturated carbocycles. The number of alkyl carbamates (subject to hydrolysis) is 1. The first-order valence-electron chi connectivity index (χ1n) is 4.68. The Balaban J connectivity index is 3.30. The van der Waals surface area contributed by atoms with Gasteiger partial charge in [0.15, 0.2) is 0 Å². The van der Waals surface area contributed by atoms with Gasteiger partial charge in [-0.2, -0.15) is 0 Å². The standard InChI is InChI=1S/C9H20N2O2/c1-7(2)6-13-9(12)11-5-4-8(3)10/h7-8H,4-6,10H2,1-3H3,(H,11,12). The fourth-order valence-electron chi connectivity index (χ4n) is 0.695. The second-order valence-corrected chi connectivity index (χ2v) is 3.69. The van der Waals surface area contributed by atoms with E-state index >= 15 is 0 Å². The zero-order chi connectivity index (χ0) is 10.3. The average molecular weight is 188 g/mol. The Morgan fingerprint density at radius 1 is 1.46 bits per heavy atom. The monoisotopic (exact) mass is 188 g/mol. The summed E-state index contributed by atoms with van der Waals surface area (Å²) in [5, 5.41) is 2.63. The van der Waals surface area contributed by atoms with Gasteiger partial charge in [-0.25, -0.2) is 4.79 Å². The smallest absolute Gasteiger partial charge is 0.407 e. The Morgan fingerprint density at radius 2 is 2.08 bits per heavy atom. The highest BCUT2D eigenvalue weighted by atomic mass is 16.5. The van der Waals surface area contributed by atoms with Gasteiger partial charge in [-0.1, -0.05) is 13.8 Å². The van der Waals surface area contributed by atoms with Crippen LogP contribution < -0.4 is 11.1 Å². The predicted molar refractivity (Wildman–Crippen MR) is 52.5 cm³/mol. The minimum Gasteiger partial charge on any atom is -0.449 e. The molecule has 0 rings (SSSR count). The maximum absolute atomic E-state index is 11.0. The molecule has 0 aliphatic rings. The number of rotatable bonds is 5. The summed E-state index contributed by atoms with van der Waals surface area (Å²) in [6, 6.07) is 0.116. The normalized spacial score (nSPS) is 12.7. The molecule has 0 bridgehead atoms. The zero-order valence-electron chi connectivity index (χ0n) is 8.67. The van der Waals surface area contributed by atoms with Gasteiger partial charge in [0, 0.05) is 12.6 Å². The summed E-state index contributed by atoms with van der Waals surface area (Å²) < 4.78 is 4.89. The quantitative estimate of drug-likeness (QED) is 0.679. The van der Waals surface area contributed by atoms with Crippen molar-refractivity contribution in [2.75, 3.05) is 13.2 Å². The van der Waals surface area contributed by atoms with E-state index < -0.39 is 0 Å². The SMILES string of the molecule is CC(C)COC(=O)NCCC(C)N. The van der Waals surface area contributed by atoms with E-state index in [1.54, 1.807) is 0 Å². The van der Waals surface area contributed by atoms with Crippen LogP contribution in [0, 0.1) is 5.92 Å². The van der Waals surface area contributed by atoms with Crippen LogP contribution in [0.5, 0.6) is 0 Å². The van der Waals surface area contributed by atoms with Crippen LogP contribution in [0.15, 0.2) is 0 Å². The fraction of sp³-hybridized carbons (Fsp3) is 0.889. The Bertz CT molecular complexity index is 147. The van der Waals surface area contributed by atoms with Crippen LogP contribution in [0.1, 0.15) is 27.2 Å². The Hall–Kier alpha value is -0.770. The van der Waals surface area contributed by atoms with Crippen molar-refractivity contribution in [3.8, 4) is 0 Å². The van der Waals surface area contributed by atoms with Gasteiger partial charge in [0.1, 0.15) is 0 Å². The number of carbonyl (C=O) groups is 1. The lowest BCUT2D eigenvalue weighted by Crippen LogP contribution is -2.30. The van der Waals surface area contributed by atoms with E-state index in [1.165, 1.54) is 0 Å². The molecule has 0 aliphatic carbocycles. The summed E-state index contributed by atoms with van der Waals surface area (Å²) in [6.07, 6.45) is 0.422. The van der Waals surface area contributed by atoms with E-state index in [0.717, 1.165) is 6.42 Å². The second-order valence-electron chi connectivity index (χ2n) is 3.69. The van der Waals surface area contributed by atoms with Crippen molar-refractivity contribution in [3.05, 3.63) is 0 Å². The molecule has 3 N–H and O–H groups in total. The summed E-state index contributed by atoms with van der Waals surface area (Å²) in [5.41, 5.74) is 5.51. The molecule has 1 unspecified atom stereocenters. The third-order valence-electron chi connectivity index (χ3n) is 1.42. The van der Waals surface area contributed by atoms with Gasteiger partial charge >= 0.3 is 6.09 Å². The van der Waals surface area contributed by atoms with Crippen LogP contribution in [0.4, 0.5) is 4.79 Å². The largest absolute Gasteiger partial charge is 0.449 e. The van der Waals surface area contributed by atoms with Gasteiger partial charge in [0.2, 0.25) is 0 Å². The molecule has 0 aromatic carbocycles. The Labute approximate surface area is 79.8 Å². The van der Waals surface area contributed by atoms with Crippen LogP contribution in [0.3, 0.4) is 0 Å². The Kier molecular flexibility index (Phi) is 6.32. The van der Waals surface area contributed by atoms with Gasteiger partial charge in [0.05, 0.1) is 6.61 Å². The molecule has 78 valence electrons. The molecule has 1 atom stereocenters. The number of amides is 1. The molecule has 0 aromatic rings. The number of nitrogens with two attached hydrogens (primary N) is 1. The third-order valence-corrected chi connectivity index (χ3v) is 1.42. The maximum atomic E-state index is 11.0. The predicted octanol–water partition coefficient (Wildman–Crippen LogP) is 1.11. The number of hydrogen-bond donors (Lipinski definition) is 2. The highest BCUT2D eigenvalue weighted by Crippen LogP contribution is 1.92. The fourth-order valence-corrected chi connectivity index (χ4v) is 0.695. The lowest BCUT2D eigenvalue weighted by Gasteiger charge is -2.09. The summed E-state index contributed by atoms with van der Waals surface area (Å²) in [5.74, 6) is 0.374. The zero-order valence-corrected chi connectivity index (χ0v) is 8.67. The summed E-state index contributed by atoms with van der Waals surface area (Å²) in [4.78, 5) is 11.0. The molecule has 0 spiro atoms. The van der Waals surface area contributed by atoms with Gasteiger partial charge in [-0.3, -0.25) is 0 Å². The molecular weight excluding hydrogens is 168 g/mol.